The van der Waals surface area contributed by atoms with Crippen molar-refractivity contribution < 1.29 is 9.53 Å². The van der Waals surface area contributed by atoms with Crippen molar-refractivity contribution in [3.63, 3.8) is 0 Å². The molecule has 0 spiro atoms. The lowest BCUT2D eigenvalue weighted by Gasteiger charge is -2.34. The van der Waals surface area contributed by atoms with Gasteiger partial charge in [-0.3, -0.25) is 4.90 Å². The van der Waals surface area contributed by atoms with Crippen molar-refractivity contribution in [1.82, 2.24) is 4.90 Å². The summed E-state index contributed by atoms with van der Waals surface area (Å²) < 4.78 is 5.40. The predicted molar refractivity (Wildman–Crippen MR) is 93.3 cm³/mol. The number of hydrogen-bond acceptors (Lipinski definition) is 3. The first kappa shape index (κ1) is 19.1. The minimum atomic E-state index is -0.374. The highest BCUT2D eigenvalue weighted by Gasteiger charge is 2.26. The van der Waals surface area contributed by atoms with Crippen LogP contribution < -0.4 is 0 Å². The van der Waals surface area contributed by atoms with E-state index in [4.69, 9.17) is 4.74 Å². The lowest BCUT2D eigenvalue weighted by Crippen LogP contribution is -2.37. The summed E-state index contributed by atoms with van der Waals surface area (Å²) in [6.07, 6.45) is 0.994. The minimum Gasteiger partial charge on any atom is -0.457 e. The Labute approximate surface area is 139 Å². The highest BCUT2D eigenvalue weighted by molar-refractivity contribution is 14.0. The van der Waals surface area contributed by atoms with Crippen molar-refractivity contribution in [3.8, 4) is 0 Å². The van der Waals surface area contributed by atoms with Crippen LogP contribution in [0.15, 0.2) is 43.0 Å². The quantitative estimate of drug-likeness (QED) is 0.404. The molecule has 4 heteroatoms. The Balaban J connectivity index is 0.00000361. The molecule has 20 heavy (non-hydrogen) atoms. The highest BCUT2D eigenvalue weighted by Crippen LogP contribution is 2.26. The lowest BCUT2D eigenvalue weighted by molar-refractivity contribution is -0.145. The van der Waals surface area contributed by atoms with Gasteiger partial charge in [0.15, 0.2) is 0 Å². The molecule has 0 aromatic heterocycles. The van der Waals surface area contributed by atoms with E-state index in [1.807, 2.05) is 25.1 Å². The van der Waals surface area contributed by atoms with Crippen LogP contribution in [0.4, 0.5) is 0 Å². The summed E-state index contributed by atoms with van der Waals surface area (Å²) >= 11 is 0. The third kappa shape index (κ3) is 5.25. The van der Waals surface area contributed by atoms with Gasteiger partial charge in [0.05, 0.1) is 6.04 Å². The number of benzene rings is 1. The normalized spacial score (nSPS) is 13.2. The van der Waals surface area contributed by atoms with E-state index in [0.717, 1.165) is 18.7 Å². The molecule has 0 saturated carbocycles. The standard InChI is InChI=1S/C16H23NO2.HI/c1-5-15(18)19-13(4)16(17(6-2)7-3)14-11-9-8-10-12-14;/h5,8-13,16H,1,6-7H2,2-4H3;1H. The van der Waals surface area contributed by atoms with Gasteiger partial charge in [-0.05, 0) is 25.6 Å². The Morgan fingerprint density at radius 1 is 1.30 bits per heavy atom. The van der Waals surface area contributed by atoms with Crippen molar-refractivity contribution in [2.75, 3.05) is 13.1 Å². The van der Waals surface area contributed by atoms with Gasteiger partial charge in [0.1, 0.15) is 6.10 Å². The molecule has 0 N–H and O–H groups in total. The van der Waals surface area contributed by atoms with Crippen LogP contribution in [0.3, 0.4) is 0 Å². The summed E-state index contributed by atoms with van der Waals surface area (Å²) in [7, 11) is 0. The topological polar surface area (TPSA) is 29.5 Å². The van der Waals surface area contributed by atoms with Crippen LogP contribution in [0.1, 0.15) is 32.4 Å². The van der Waals surface area contributed by atoms with Crippen molar-refractivity contribution in [3.05, 3.63) is 48.6 Å². The average Bonchev–Trinajstić information content (AvgIpc) is 2.45. The Hall–Kier alpha value is -0.880. The number of carbonyl (C=O) groups is 1. The van der Waals surface area contributed by atoms with Crippen molar-refractivity contribution >= 4 is 29.9 Å². The summed E-state index contributed by atoms with van der Waals surface area (Å²) in [5, 5.41) is 0. The molecule has 2 unspecified atom stereocenters. The van der Waals surface area contributed by atoms with Crippen molar-refractivity contribution in [2.45, 2.75) is 32.9 Å². The van der Waals surface area contributed by atoms with Gasteiger partial charge in [0, 0.05) is 6.08 Å². The molecule has 0 bridgehead atoms. The number of nitrogens with zero attached hydrogens (tertiary/aromatic N) is 1. The van der Waals surface area contributed by atoms with Crippen molar-refractivity contribution in [2.24, 2.45) is 0 Å². The summed E-state index contributed by atoms with van der Waals surface area (Å²) in [5.74, 6) is -0.374. The first-order valence-corrected chi connectivity index (χ1v) is 6.76. The molecular weight excluding hydrogens is 365 g/mol. The Kier molecular flexibility index (Phi) is 9.50. The second-order valence-corrected chi connectivity index (χ2v) is 4.42. The predicted octanol–water partition coefficient (Wildman–Crippen LogP) is 3.81. The first-order chi connectivity index (χ1) is 9.13. The number of esters is 1. The zero-order chi connectivity index (χ0) is 14.3. The van der Waals surface area contributed by atoms with Crippen LogP contribution in [0.2, 0.25) is 0 Å². The smallest absolute Gasteiger partial charge is 0.330 e. The molecule has 0 aliphatic heterocycles. The largest absolute Gasteiger partial charge is 0.457 e. The summed E-state index contributed by atoms with van der Waals surface area (Å²) in [5.41, 5.74) is 1.16. The molecule has 0 fully saturated rings. The summed E-state index contributed by atoms with van der Waals surface area (Å²) in [6.45, 7) is 11.4. The maximum absolute atomic E-state index is 11.4. The number of rotatable bonds is 7. The van der Waals surface area contributed by atoms with Gasteiger partial charge in [0.25, 0.3) is 0 Å². The van der Waals surface area contributed by atoms with Gasteiger partial charge in [-0.15, -0.1) is 24.0 Å². The van der Waals surface area contributed by atoms with E-state index in [2.05, 4.69) is 37.5 Å². The number of ether oxygens (including phenoxy) is 1. The Bertz CT molecular complexity index is 404. The van der Waals surface area contributed by atoms with Crippen LogP contribution >= 0.6 is 24.0 Å². The van der Waals surface area contributed by atoms with Gasteiger partial charge in [-0.25, -0.2) is 4.79 Å². The molecule has 1 aromatic carbocycles. The number of likely N-dealkylation sites (N-methyl/N-ethyl adjacent to an activating group) is 1. The monoisotopic (exact) mass is 389 g/mol. The number of carbonyl (C=O) groups excluding carboxylic acids is 1. The van der Waals surface area contributed by atoms with Crippen LogP contribution in [-0.2, 0) is 9.53 Å². The second kappa shape index (κ2) is 9.94. The molecule has 0 aliphatic carbocycles. The molecule has 0 radical (unpaired) electrons. The van der Waals surface area contributed by atoms with E-state index in [1.165, 1.54) is 6.08 Å². The summed E-state index contributed by atoms with van der Waals surface area (Å²) in [6, 6.07) is 10.2. The molecule has 3 nitrogen and oxygen atoms in total. The number of hydrogen-bond donors (Lipinski definition) is 0. The van der Waals surface area contributed by atoms with Gasteiger partial charge < -0.3 is 4.74 Å². The molecular formula is C16H24INO2. The maximum atomic E-state index is 11.4. The first-order valence-electron chi connectivity index (χ1n) is 6.76. The van der Waals surface area contributed by atoms with Crippen LogP contribution in [-0.4, -0.2) is 30.1 Å². The molecule has 2 atom stereocenters. The van der Waals surface area contributed by atoms with Crippen LogP contribution in [0.5, 0.6) is 0 Å². The Morgan fingerprint density at radius 2 is 1.85 bits per heavy atom. The fraction of sp³-hybridized carbons (Fsp3) is 0.438. The van der Waals surface area contributed by atoms with E-state index >= 15 is 0 Å². The Morgan fingerprint density at radius 3 is 2.30 bits per heavy atom. The summed E-state index contributed by atoms with van der Waals surface area (Å²) in [4.78, 5) is 13.7. The van der Waals surface area contributed by atoms with Crippen LogP contribution in [0, 0.1) is 0 Å². The molecule has 1 aromatic rings. The van der Waals surface area contributed by atoms with Gasteiger partial charge >= 0.3 is 5.97 Å². The van der Waals surface area contributed by atoms with Crippen molar-refractivity contribution in [1.29, 1.82) is 0 Å². The van der Waals surface area contributed by atoms with Gasteiger partial charge in [-0.2, -0.15) is 0 Å². The number of halogens is 1. The second-order valence-electron chi connectivity index (χ2n) is 4.42. The van der Waals surface area contributed by atoms with Crippen LogP contribution in [0.25, 0.3) is 0 Å². The molecule has 0 saturated heterocycles. The van der Waals surface area contributed by atoms with E-state index in [0.29, 0.717) is 0 Å². The fourth-order valence-electron chi connectivity index (χ4n) is 2.34. The minimum absolute atomic E-state index is 0. The zero-order valence-electron chi connectivity index (χ0n) is 12.4. The van der Waals surface area contributed by atoms with Gasteiger partial charge in [0.2, 0.25) is 0 Å². The lowest BCUT2D eigenvalue weighted by atomic mass is 10.0. The van der Waals surface area contributed by atoms with E-state index in [1.54, 1.807) is 0 Å². The molecule has 0 aliphatic rings. The van der Waals surface area contributed by atoms with E-state index in [9.17, 15) is 4.79 Å². The van der Waals surface area contributed by atoms with E-state index < -0.39 is 0 Å². The molecule has 0 amide bonds. The highest BCUT2D eigenvalue weighted by atomic mass is 127. The molecule has 1 rings (SSSR count). The average molecular weight is 389 g/mol. The fourth-order valence-corrected chi connectivity index (χ4v) is 2.34. The van der Waals surface area contributed by atoms with Gasteiger partial charge in [-0.1, -0.05) is 50.8 Å². The third-order valence-corrected chi connectivity index (χ3v) is 3.26. The third-order valence-electron chi connectivity index (χ3n) is 3.26. The maximum Gasteiger partial charge on any atom is 0.330 e. The molecule has 112 valence electrons. The molecule has 0 heterocycles. The van der Waals surface area contributed by atoms with E-state index in [-0.39, 0.29) is 42.1 Å². The zero-order valence-corrected chi connectivity index (χ0v) is 14.7. The SMILES string of the molecule is C=CC(=O)OC(C)C(c1ccccc1)N(CC)CC.I.